The summed E-state index contributed by atoms with van der Waals surface area (Å²) in [6, 6.07) is 11.4. The average molecular weight is 406 g/mol. The highest BCUT2D eigenvalue weighted by molar-refractivity contribution is 5.79. The normalized spacial score (nSPS) is 18.4. The predicted molar refractivity (Wildman–Crippen MR) is 101 cm³/mol. The second-order valence-corrected chi connectivity index (χ2v) is 8.21. The molecule has 2 aliphatic heterocycles. The van der Waals surface area contributed by atoms with Gasteiger partial charge in [0.05, 0.1) is 12.0 Å². The number of hydrogen-bond donors (Lipinski definition) is 0. The van der Waals surface area contributed by atoms with E-state index >= 15 is 0 Å². The fourth-order valence-corrected chi connectivity index (χ4v) is 4.28. The van der Waals surface area contributed by atoms with E-state index in [1.165, 1.54) is 24.3 Å². The molecule has 2 aromatic rings. The number of likely N-dealkylation sites (tertiary alicyclic amines) is 2. The van der Waals surface area contributed by atoms with E-state index in [0.717, 1.165) is 24.7 Å². The van der Waals surface area contributed by atoms with Crippen LogP contribution in [0.3, 0.4) is 0 Å². The molecular formula is C22H22F4N2O. The van der Waals surface area contributed by atoms with Gasteiger partial charge in [-0.05, 0) is 35.7 Å². The molecule has 7 heteroatoms. The van der Waals surface area contributed by atoms with Crippen molar-refractivity contribution >= 4 is 5.91 Å². The van der Waals surface area contributed by atoms with Gasteiger partial charge in [-0.3, -0.25) is 4.79 Å². The monoisotopic (exact) mass is 406 g/mol. The summed E-state index contributed by atoms with van der Waals surface area (Å²) in [5.41, 5.74) is 1.01. The van der Waals surface area contributed by atoms with Crippen molar-refractivity contribution in [3.05, 3.63) is 71.0 Å². The van der Waals surface area contributed by atoms with Crippen LogP contribution >= 0.6 is 0 Å². The maximum absolute atomic E-state index is 12.9. The van der Waals surface area contributed by atoms with Crippen molar-refractivity contribution in [3.63, 3.8) is 0 Å². The molecule has 0 aliphatic carbocycles. The van der Waals surface area contributed by atoms with Gasteiger partial charge in [0.15, 0.2) is 0 Å². The summed E-state index contributed by atoms with van der Waals surface area (Å²) in [6.45, 7) is 3.88. The van der Waals surface area contributed by atoms with Crippen LogP contribution in [0.2, 0.25) is 0 Å². The molecule has 3 nitrogen and oxygen atoms in total. The third-order valence-corrected chi connectivity index (χ3v) is 5.76. The van der Waals surface area contributed by atoms with Crippen molar-refractivity contribution < 1.29 is 22.4 Å². The van der Waals surface area contributed by atoms with Crippen LogP contribution in [0.25, 0.3) is 0 Å². The van der Waals surface area contributed by atoms with Gasteiger partial charge in [-0.15, -0.1) is 0 Å². The quantitative estimate of drug-likeness (QED) is 0.706. The Morgan fingerprint density at radius 1 is 0.966 bits per heavy atom. The van der Waals surface area contributed by atoms with Crippen molar-refractivity contribution in [1.82, 2.24) is 9.80 Å². The molecule has 0 atom stereocenters. The van der Waals surface area contributed by atoms with E-state index in [1.807, 2.05) is 4.90 Å². The first-order valence-corrected chi connectivity index (χ1v) is 9.63. The number of amides is 1. The molecule has 154 valence electrons. The largest absolute Gasteiger partial charge is 0.416 e. The molecule has 4 rings (SSSR count). The zero-order chi connectivity index (χ0) is 20.6. The molecule has 2 aliphatic rings. The molecule has 0 aromatic heterocycles. The molecule has 0 bridgehead atoms. The maximum atomic E-state index is 12.9. The third-order valence-electron chi connectivity index (χ3n) is 5.76. The van der Waals surface area contributed by atoms with Crippen LogP contribution in [-0.4, -0.2) is 48.4 Å². The van der Waals surface area contributed by atoms with E-state index in [1.54, 1.807) is 18.2 Å². The van der Waals surface area contributed by atoms with Gasteiger partial charge in [0.2, 0.25) is 5.91 Å². The summed E-state index contributed by atoms with van der Waals surface area (Å²) in [5.74, 6) is -0.270. The van der Waals surface area contributed by atoms with Crippen molar-refractivity contribution in [1.29, 1.82) is 0 Å². The summed E-state index contributed by atoms with van der Waals surface area (Å²) in [5, 5.41) is 0. The minimum Gasteiger partial charge on any atom is -0.341 e. The number of carbonyl (C=O) groups is 1. The molecule has 0 unspecified atom stereocenters. The van der Waals surface area contributed by atoms with Gasteiger partial charge >= 0.3 is 6.18 Å². The Hall–Kier alpha value is -2.41. The highest BCUT2D eigenvalue weighted by Gasteiger charge is 2.52. The predicted octanol–water partition coefficient (Wildman–Crippen LogP) is 3.77. The summed E-state index contributed by atoms with van der Waals surface area (Å²) in [4.78, 5) is 16.4. The van der Waals surface area contributed by atoms with Crippen LogP contribution < -0.4 is 0 Å². The first-order valence-electron chi connectivity index (χ1n) is 9.63. The average Bonchev–Trinajstić information content (AvgIpc) is 2.60. The zero-order valence-electron chi connectivity index (χ0n) is 15.9. The lowest BCUT2D eigenvalue weighted by atomic mass is 9.72. The van der Waals surface area contributed by atoms with Crippen molar-refractivity contribution in [3.8, 4) is 0 Å². The summed E-state index contributed by atoms with van der Waals surface area (Å²) >= 11 is 0. The minimum absolute atomic E-state index is 0.0460. The number of halogens is 4. The molecule has 2 aromatic carbocycles. The molecule has 0 saturated carbocycles. The van der Waals surface area contributed by atoms with Crippen molar-refractivity contribution in [2.75, 3.05) is 32.7 Å². The van der Waals surface area contributed by atoms with Crippen molar-refractivity contribution in [2.45, 2.75) is 19.0 Å². The van der Waals surface area contributed by atoms with Gasteiger partial charge in [0.25, 0.3) is 0 Å². The van der Waals surface area contributed by atoms with Crippen LogP contribution in [0.1, 0.15) is 16.7 Å². The Labute approximate surface area is 166 Å². The summed E-state index contributed by atoms with van der Waals surface area (Å²) < 4.78 is 51.3. The third kappa shape index (κ3) is 4.45. The van der Waals surface area contributed by atoms with E-state index in [9.17, 15) is 22.4 Å². The lowest BCUT2D eigenvalue weighted by Gasteiger charge is -2.60. The summed E-state index contributed by atoms with van der Waals surface area (Å²) in [7, 11) is 0. The second kappa shape index (κ2) is 7.44. The van der Waals surface area contributed by atoms with Crippen LogP contribution in [0.4, 0.5) is 17.6 Å². The molecule has 1 amide bonds. The molecule has 2 heterocycles. The highest BCUT2D eigenvalue weighted by Crippen LogP contribution is 2.40. The lowest BCUT2D eigenvalue weighted by molar-refractivity contribution is -0.158. The second-order valence-electron chi connectivity index (χ2n) is 8.21. The Morgan fingerprint density at radius 3 is 2.31 bits per heavy atom. The number of carbonyl (C=O) groups excluding carboxylic acids is 1. The summed E-state index contributed by atoms with van der Waals surface area (Å²) in [6.07, 6.45) is -3.46. The van der Waals surface area contributed by atoms with Crippen LogP contribution in [-0.2, 0) is 23.8 Å². The van der Waals surface area contributed by atoms with Crippen LogP contribution in [0.5, 0.6) is 0 Å². The van der Waals surface area contributed by atoms with E-state index in [4.69, 9.17) is 0 Å². The molecule has 1 spiro atoms. The SMILES string of the molecule is O=C(Cc1ccc(F)cc1)N1CC2(CN(CCc3cccc(C(F)(F)F)c3)C2)C1. The maximum Gasteiger partial charge on any atom is 0.416 e. The number of alkyl halides is 3. The standard InChI is InChI=1S/C22H22F4N2O/c23-19-6-4-17(5-7-19)11-20(29)28-14-21(15-28)12-27(13-21)9-8-16-2-1-3-18(10-16)22(24,25)26/h1-7,10H,8-9,11-15H2. The molecular weight excluding hydrogens is 384 g/mol. The number of rotatable bonds is 5. The zero-order valence-corrected chi connectivity index (χ0v) is 15.9. The van der Waals surface area contributed by atoms with Crippen LogP contribution in [0, 0.1) is 11.2 Å². The lowest BCUT2D eigenvalue weighted by Crippen LogP contribution is -2.73. The van der Waals surface area contributed by atoms with Gasteiger partial charge in [0.1, 0.15) is 5.82 Å². The first-order chi connectivity index (χ1) is 13.7. The molecule has 2 saturated heterocycles. The van der Waals surface area contributed by atoms with Gasteiger partial charge in [-0.1, -0.05) is 30.3 Å². The molecule has 2 fully saturated rings. The van der Waals surface area contributed by atoms with Gasteiger partial charge < -0.3 is 9.80 Å². The van der Waals surface area contributed by atoms with Crippen molar-refractivity contribution in [2.24, 2.45) is 5.41 Å². The number of nitrogens with zero attached hydrogens (tertiary/aromatic N) is 2. The van der Waals surface area contributed by atoms with Gasteiger partial charge in [0, 0.05) is 38.1 Å². The Kier molecular flexibility index (Phi) is 5.11. The Balaban J connectivity index is 1.20. The van der Waals surface area contributed by atoms with Gasteiger partial charge in [-0.25, -0.2) is 4.39 Å². The Morgan fingerprint density at radius 2 is 1.66 bits per heavy atom. The van der Waals surface area contributed by atoms with E-state index in [-0.39, 0.29) is 23.6 Å². The Bertz CT molecular complexity index is 880. The first kappa shape index (κ1) is 19.9. The molecule has 29 heavy (non-hydrogen) atoms. The minimum atomic E-state index is -4.31. The van der Waals surface area contributed by atoms with E-state index in [2.05, 4.69) is 4.90 Å². The van der Waals surface area contributed by atoms with E-state index in [0.29, 0.717) is 31.6 Å². The fourth-order valence-electron chi connectivity index (χ4n) is 4.28. The van der Waals surface area contributed by atoms with Crippen LogP contribution in [0.15, 0.2) is 48.5 Å². The fraction of sp³-hybridized carbons (Fsp3) is 0.409. The topological polar surface area (TPSA) is 23.6 Å². The smallest absolute Gasteiger partial charge is 0.341 e. The number of hydrogen-bond acceptors (Lipinski definition) is 2. The molecule has 0 N–H and O–H groups in total. The highest BCUT2D eigenvalue weighted by atomic mass is 19.4. The molecule has 0 radical (unpaired) electrons. The van der Waals surface area contributed by atoms with Gasteiger partial charge in [-0.2, -0.15) is 13.2 Å². The van der Waals surface area contributed by atoms with E-state index < -0.39 is 11.7 Å². The number of benzene rings is 2.